The maximum Gasteiger partial charge on any atom is 0.260 e. The van der Waals surface area contributed by atoms with E-state index >= 15 is 0 Å². The van der Waals surface area contributed by atoms with E-state index in [2.05, 4.69) is 32.2 Å². The third-order valence-electron chi connectivity index (χ3n) is 5.56. The van der Waals surface area contributed by atoms with Crippen LogP contribution in [0.25, 0.3) is 0 Å². The number of hydrogen-bond acceptors (Lipinski definition) is 3. The molecule has 132 valence electrons. The number of likely N-dealkylation sites (tertiary alicyclic amines) is 1. The fraction of sp³-hybridized carbons (Fsp3) is 0.650. The summed E-state index contributed by atoms with van der Waals surface area (Å²) < 4.78 is 5.89. The minimum atomic E-state index is 0.00657. The second kappa shape index (κ2) is 6.75. The maximum atomic E-state index is 12.5. The molecule has 0 aliphatic carbocycles. The molecule has 0 atom stereocenters. The highest BCUT2D eigenvalue weighted by Crippen LogP contribution is 2.37. The molecule has 0 saturated carbocycles. The number of carbonyl (C=O) groups is 1. The molecule has 24 heavy (non-hydrogen) atoms. The molecule has 3 rings (SSSR count). The molecule has 0 bridgehead atoms. The highest BCUT2D eigenvalue weighted by Gasteiger charge is 2.38. The number of nitrogens with one attached hydrogen (secondary N) is 1. The van der Waals surface area contributed by atoms with Gasteiger partial charge in [0.05, 0.1) is 0 Å². The van der Waals surface area contributed by atoms with Crippen molar-refractivity contribution in [3.05, 3.63) is 29.8 Å². The lowest BCUT2D eigenvalue weighted by molar-refractivity contribution is -0.135. The number of nitrogens with zero attached hydrogens (tertiary/aromatic N) is 1. The molecule has 2 aliphatic rings. The number of benzene rings is 1. The van der Waals surface area contributed by atoms with Crippen LogP contribution in [0.5, 0.6) is 5.75 Å². The molecule has 0 radical (unpaired) electrons. The Bertz CT molecular complexity index is 576. The zero-order valence-corrected chi connectivity index (χ0v) is 15.2. The first kappa shape index (κ1) is 17.3. The summed E-state index contributed by atoms with van der Waals surface area (Å²) in [7, 11) is 0. The standard InChI is InChI=1S/C20H30N2O2/c1-19(2,3)16-6-4-5-7-17(16)24-14-18(23)22-12-9-20(10-13-22)8-11-21-15-20/h4-7,21H,8-15H2,1-3H3. The SMILES string of the molecule is CC(C)(C)c1ccccc1OCC(=O)N1CCC2(CCNC2)CC1. The lowest BCUT2D eigenvalue weighted by atomic mass is 9.78. The van der Waals surface area contributed by atoms with Crippen LogP contribution in [-0.4, -0.2) is 43.6 Å². The number of ether oxygens (including phenoxy) is 1. The molecular formula is C20H30N2O2. The van der Waals surface area contributed by atoms with Crippen LogP contribution in [0.4, 0.5) is 0 Å². The Hall–Kier alpha value is -1.55. The molecule has 2 saturated heterocycles. The third kappa shape index (κ3) is 3.75. The van der Waals surface area contributed by atoms with Crippen LogP contribution in [0.3, 0.4) is 0 Å². The highest BCUT2D eigenvalue weighted by molar-refractivity contribution is 5.78. The predicted octanol–water partition coefficient (Wildman–Crippen LogP) is 2.97. The van der Waals surface area contributed by atoms with Crippen molar-refractivity contribution < 1.29 is 9.53 Å². The quantitative estimate of drug-likeness (QED) is 0.926. The van der Waals surface area contributed by atoms with E-state index in [1.165, 1.54) is 6.42 Å². The minimum Gasteiger partial charge on any atom is -0.483 e. The number of amides is 1. The van der Waals surface area contributed by atoms with Gasteiger partial charge >= 0.3 is 0 Å². The molecular weight excluding hydrogens is 300 g/mol. The second-order valence-corrected chi connectivity index (χ2v) is 8.34. The first-order valence-electron chi connectivity index (χ1n) is 9.11. The molecule has 0 aromatic heterocycles. The molecule has 0 unspecified atom stereocenters. The Labute approximate surface area is 145 Å². The second-order valence-electron chi connectivity index (χ2n) is 8.34. The Balaban J connectivity index is 1.55. The predicted molar refractivity (Wildman–Crippen MR) is 96.4 cm³/mol. The van der Waals surface area contributed by atoms with Crippen LogP contribution in [-0.2, 0) is 10.2 Å². The van der Waals surface area contributed by atoms with Gasteiger partial charge in [-0.3, -0.25) is 4.79 Å². The number of para-hydroxylation sites is 1. The Morgan fingerprint density at radius 2 is 1.92 bits per heavy atom. The van der Waals surface area contributed by atoms with Gasteiger partial charge in [0.1, 0.15) is 5.75 Å². The number of rotatable bonds is 3. The van der Waals surface area contributed by atoms with Crippen LogP contribution in [0.15, 0.2) is 24.3 Å². The first-order valence-corrected chi connectivity index (χ1v) is 9.11. The van der Waals surface area contributed by atoms with Crippen molar-refractivity contribution in [3.63, 3.8) is 0 Å². The van der Waals surface area contributed by atoms with E-state index < -0.39 is 0 Å². The average molecular weight is 330 g/mol. The zero-order valence-electron chi connectivity index (χ0n) is 15.2. The van der Waals surface area contributed by atoms with Crippen LogP contribution < -0.4 is 10.1 Å². The smallest absolute Gasteiger partial charge is 0.260 e. The Kier molecular flexibility index (Phi) is 4.86. The lowest BCUT2D eigenvalue weighted by Crippen LogP contribution is -2.45. The minimum absolute atomic E-state index is 0.00657. The van der Waals surface area contributed by atoms with E-state index in [1.807, 2.05) is 23.1 Å². The number of carbonyl (C=O) groups excluding carboxylic acids is 1. The van der Waals surface area contributed by atoms with Crippen molar-refractivity contribution in [1.82, 2.24) is 10.2 Å². The molecule has 1 spiro atoms. The maximum absolute atomic E-state index is 12.5. The Morgan fingerprint density at radius 3 is 2.54 bits per heavy atom. The number of piperidine rings is 1. The van der Waals surface area contributed by atoms with Gasteiger partial charge < -0.3 is 15.0 Å². The van der Waals surface area contributed by atoms with Crippen molar-refractivity contribution in [2.45, 2.75) is 45.4 Å². The molecule has 2 aliphatic heterocycles. The van der Waals surface area contributed by atoms with Gasteiger partial charge in [-0.25, -0.2) is 0 Å². The molecule has 4 heteroatoms. The van der Waals surface area contributed by atoms with Gasteiger partial charge in [0.2, 0.25) is 0 Å². The molecule has 1 aromatic rings. The lowest BCUT2D eigenvalue weighted by Gasteiger charge is -2.38. The summed E-state index contributed by atoms with van der Waals surface area (Å²) in [5, 5.41) is 3.47. The third-order valence-corrected chi connectivity index (χ3v) is 5.56. The summed E-state index contributed by atoms with van der Waals surface area (Å²) in [6.07, 6.45) is 3.49. The molecule has 2 fully saturated rings. The van der Waals surface area contributed by atoms with Crippen molar-refractivity contribution in [3.8, 4) is 5.75 Å². The fourth-order valence-corrected chi connectivity index (χ4v) is 3.90. The monoisotopic (exact) mass is 330 g/mol. The van der Waals surface area contributed by atoms with Gasteiger partial charge in [-0.1, -0.05) is 39.0 Å². The van der Waals surface area contributed by atoms with Crippen LogP contribution >= 0.6 is 0 Å². The largest absolute Gasteiger partial charge is 0.483 e. The van der Waals surface area contributed by atoms with Gasteiger partial charge in [-0.2, -0.15) is 0 Å². The van der Waals surface area contributed by atoms with E-state index in [0.29, 0.717) is 5.41 Å². The first-order chi connectivity index (χ1) is 11.4. The topological polar surface area (TPSA) is 41.6 Å². The van der Waals surface area contributed by atoms with Crippen molar-refractivity contribution in [1.29, 1.82) is 0 Å². The van der Waals surface area contributed by atoms with E-state index in [4.69, 9.17) is 4.74 Å². The zero-order chi connectivity index (χ0) is 17.2. The summed E-state index contributed by atoms with van der Waals surface area (Å²) in [6, 6.07) is 8.03. The van der Waals surface area contributed by atoms with Crippen molar-refractivity contribution >= 4 is 5.91 Å². The van der Waals surface area contributed by atoms with Gasteiger partial charge in [-0.15, -0.1) is 0 Å². The molecule has 1 N–H and O–H groups in total. The van der Waals surface area contributed by atoms with Crippen LogP contribution in [0, 0.1) is 5.41 Å². The van der Waals surface area contributed by atoms with Gasteiger partial charge in [0, 0.05) is 19.6 Å². The van der Waals surface area contributed by atoms with Gasteiger partial charge in [-0.05, 0) is 48.3 Å². The molecule has 2 heterocycles. The van der Waals surface area contributed by atoms with Gasteiger partial charge in [0.15, 0.2) is 6.61 Å². The number of hydrogen-bond donors (Lipinski definition) is 1. The summed E-state index contributed by atoms with van der Waals surface area (Å²) in [5.74, 6) is 0.936. The highest BCUT2D eigenvalue weighted by atomic mass is 16.5. The normalized spacial score (nSPS) is 20.4. The fourth-order valence-electron chi connectivity index (χ4n) is 3.90. The van der Waals surface area contributed by atoms with E-state index in [1.54, 1.807) is 0 Å². The van der Waals surface area contributed by atoms with E-state index in [-0.39, 0.29) is 17.9 Å². The molecule has 4 nitrogen and oxygen atoms in total. The average Bonchev–Trinajstić information content (AvgIpc) is 3.01. The summed E-state index contributed by atoms with van der Waals surface area (Å²) >= 11 is 0. The van der Waals surface area contributed by atoms with Crippen molar-refractivity contribution in [2.75, 3.05) is 32.8 Å². The summed E-state index contributed by atoms with van der Waals surface area (Å²) in [6.45, 7) is 10.6. The molecule has 1 aromatic carbocycles. The summed E-state index contributed by atoms with van der Waals surface area (Å²) in [4.78, 5) is 14.5. The molecule has 1 amide bonds. The Morgan fingerprint density at radius 1 is 1.21 bits per heavy atom. The summed E-state index contributed by atoms with van der Waals surface area (Å²) in [5.41, 5.74) is 1.59. The van der Waals surface area contributed by atoms with E-state index in [9.17, 15) is 4.79 Å². The van der Waals surface area contributed by atoms with Crippen LogP contribution in [0.2, 0.25) is 0 Å². The van der Waals surface area contributed by atoms with Gasteiger partial charge in [0.25, 0.3) is 5.91 Å². The van der Waals surface area contributed by atoms with E-state index in [0.717, 1.165) is 50.3 Å². The van der Waals surface area contributed by atoms with Crippen molar-refractivity contribution in [2.24, 2.45) is 5.41 Å². The van der Waals surface area contributed by atoms with Crippen LogP contribution in [0.1, 0.15) is 45.6 Å².